The van der Waals surface area contributed by atoms with Gasteiger partial charge >= 0.3 is 5.97 Å². The lowest BCUT2D eigenvalue weighted by atomic mass is 9.90. The van der Waals surface area contributed by atoms with Gasteiger partial charge in [-0.15, -0.1) is 0 Å². The predicted molar refractivity (Wildman–Crippen MR) is 52.2 cm³/mol. The average Bonchev–Trinajstić information content (AvgIpc) is 2.17. The van der Waals surface area contributed by atoms with Crippen LogP contribution in [0.4, 0.5) is 5.82 Å². The Morgan fingerprint density at radius 3 is 2.93 bits per heavy atom. The fraction of sp³-hybridized carbons (Fsp3) is 0.400. The topological polar surface area (TPSA) is 53.4 Å². The SMILES string of the molecule is C[C@H]1[C@@H](C(=O)O)CN1c1ccccn1. The highest BCUT2D eigenvalue weighted by Gasteiger charge is 2.40. The Balaban J connectivity index is 2.08. The van der Waals surface area contributed by atoms with Gasteiger partial charge in [0.15, 0.2) is 0 Å². The number of hydrogen-bond acceptors (Lipinski definition) is 3. The monoisotopic (exact) mass is 192 g/mol. The van der Waals surface area contributed by atoms with Crippen molar-refractivity contribution in [1.82, 2.24) is 4.98 Å². The van der Waals surface area contributed by atoms with Gasteiger partial charge in [-0.3, -0.25) is 4.79 Å². The molecular weight excluding hydrogens is 180 g/mol. The molecule has 1 saturated heterocycles. The van der Waals surface area contributed by atoms with Crippen LogP contribution in [0.1, 0.15) is 6.92 Å². The van der Waals surface area contributed by atoms with Gasteiger partial charge in [-0.25, -0.2) is 4.98 Å². The molecule has 1 aromatic heterocycles. The van der Waals surface area contributed by atoms with E-state index in [2.05, 4.69) is 4.98 Å². The smallest absolute Gasteiger partial charge is 0.310 e. The Kier molecular flexibility index (Phi) is 2.11. The summed E-state index contributed by atoms with van der Waals surface area (Å²) >= 11 is 0. The minimum Gasteiger partial charge on any atom is -0.481 e. The third kappa shape index (κ3) is 1.32. The maximum Gasteiger partial charge on any atom is 0.310 e. The molecule has 0 amide bonds. The van der Waals surface area contributed by atoms with Crippen LogP contribution in [0.3, 0.4) is 0 Å². The first-order valence-corrected chi connectivity index (χ1v) is 4.60. The molecule has 0 aliphatic carbocycles. The number of pyridine rings is 1. The van der Waals surface area contributed by atoms with Crippen LogP contribution in [-0.4, -0.2) is 28.6 Å². The number of hydrogen-bond donors (Lipinski definition) is 1. The molecule has 0 aromatic carbocycles. The van der Waals surface area contributed by atoms with Gasteiger partial charge in [0, 0.05) is 18.8 Å². The number of anilines is 1. The van der Waals surface area contributed by atoms with E-state index in [1.54, 1.807) is 6.20 Å². The second-order valence-corrected chi connectivity index (χ2v) is 3.53. The largest absolute Gasteiger partial charge is 0.481 e. The third-order valence-corrected chi connectivity index (χ3v) is 2.73. The quantitative estimate of drug-likeness (QED) is 0.759. The number of aromatic nitrogens is 1. The van der Waals surface area contributed by atoms with E-state index in [-0.39, 0.29) is 12.0 Å². The van der Waals surface area contributed by atoms with Crippen molar-refractivity contribution < 1.29 is 9.90 Å². The van der Waals surface area contributed by atoms with Gasteiger partial charge < -0.3 is 10.0 Å². The van der Waals surface area contributed by atoms with E-state index in [0.717, 1.165) is 5.82 Å². The van der Waals surface area contributed by atoms with Crippen molar-refractivity contribution in [3.05, 3.63) is 24.4 Å². The summed E-state index contributed by atoms with van der Waals surface area (Å²) in [5.41, 5.74) is 0. The molecule has 0 bridgehead atoms. The number of nitrogens with zero attached hydrogens (tertiary/aromatic N) is 2. The van der Waals surface area contributed by atoms with E-state index >= 15 is 0 Å². The minimum atomic E-state index is -0.718. The normalized spacial score (nSPS) is 25.6. The van der Waals surface area contributed by atoms with Gasteiger partial charge in [-0.2, -0.15) is 0 Å². The molecule has 74 valence electrons. The molecule has 1 aliphatic rings. The van der Waals surface area contributed by atoms with Crippen molar-refractivity contribution in [2.45, 2.75) is 13.0 Å². The van der Waals surface area contributed by atoms with Crippen molar-refractivity contribution in [2.75, 3.05) is 11.4 Å². The number of carboxylic acid groups (broad SMARTS) is 1. The Bertz CT molecular complexity index is 339. The van der Waals surface area contributed by atoms with Gasteiger partial charge in [-0.05, 0) is 19.1 Å². The molecule has 0 radical (unpaired) electrons. The maximum absolute atomic E-state index is 10.7. The Hall–Kier alpha value is -1.58. The molecule has 1 aliphatic heterocycles. The summed E-state index contributed by atoms with van der Waals surface area (Å²) in [7, 11) is 0. The first kappa shape index (κ1) is 8.99. The standard InChI is InChI=1S/C10H12N2O2/c1-7-8(10(13)14)6-12(7)9-4-2-3-5-11-9/h2-5,7-8H,6H2,1H3,(H,13,14)/t7-,8-/m0/s1. The second-order valence-electron chi connectivity index (χ2n) is 3.53. The average molecular weight is 192 g/mol. The lowest BCUT2D eigenvalue weighted by Gasteiger charge is -2.44. The number of aliphatic carboxylic acids is 1. The lowest BCUT2D eigenvalue weighted by molar-refractivity contribution is -0.143. The van der Waals surface area contributed by atoms with Gasteiger partial charge in [0.05, 0.1) is 5.92 Å². The zero-order valence-corrected chi connectivity index (χ0v) is 7.92. The Labute approximate surface area is 82.2 Å². The molecule has 4 nitrogen and oxygen atoms in total. The van der Waals surface area contributed by atoms with Crippen molar-refractivity contribution in [1.29, 1.82) is 0 Å². The Morgan fingerprint density at radius 2 is 2.43 bits per heavy atom. The van der Waals surface area contributed by atoms with Gasteiger partial charge in [0.1, 0.15) is 5.82 Å². The molecule has 1 fully saturated rings. The van der Waals surface area contributed by atoms with Crippen LogP contribution in [0, 0.1) is 5.92 Å². The van der Waals surface area contributed by atoms with E-state index in [1.165, 1.54) is 0 Å². The molecule has 14 heavy (non-hydrogen) atoms. The van der Waals surface area contributed by atoms with Crippen molar-refractivity contribution in [2.24, 2.45) is 5.92 Å². The van der Waals surface area contributed by atoms with E-state index < -0.39 is 5.97 Å². The molecule has 1 N–H and O–H groups in total. The predicted octanol–water partition coefficient (Wildman–Crippen LogP) is 0.991. The Morgan fingerprint density at radius 1 is 1.64 bits per heavy atom. The van der Waals surface area contributed by atoms with Crippen LogP contribution in [0.5, 0.6) is 0 Å². The molecule has 1 aromatic rings. The number of rotatable bonds is 2. The van der Waals surface area contributed by atoms with E-state index in [4.69, 9.17) is 5.11 Å². The summed E-state index contributed by atoms with van der Waals surface area (Å²) in [6.45, 7) is 2.48. The maximum atomic E-state index is 10.7. The minimum absolute atomic E-state index is 0.0439. The van der Waals surface area contributed by atoms with Crippen LogP contribution >= 0.6 is 0 Å². The van der Waals surface area contributed by atoms with Crippen LogP contribution < -0.4 is 4.90 Å². The summed E-state index contributed by atoms with van der Waals surface area (Å²) in [5.74, 6) is -0.112. The molecule has 0 unspecified atom stereocenters. The number of carboxylic acids is 1. The van der Waals surface area contributed by atoms with Crippen LogP contribution in [0.2, 0.25) is 0 Å². The van der Waals surface area contributed by atoms with Crippen molar-refractivity contribution >= 4 is 11.8 Å². The summed E-state index contributed by atoms with van der Waals surface area (Å²) in [4.78, 5) is 16.9. The highest BCUT2D eigenvalue weighted by molar-refractivity contribution is 5.75. The van der Waals surface area contributed by atoms with Crippen LogP contribution in [-0.2, 0) is 4.79 Å². The molecule has 2 rings (SSSR count). The van der Waals surface area contributed by atoms with Crippen molar-refractivity contribution in [3.8, 4) is 0 Å². The highest BCUT2D eigenvalue weighted by atomic mass is 16.4. The summed E-state index contributed by atoms with van der Waals surface area (Å²) in [6, 6.07) is 5.70. The summed E-state index contributed by atoms with van der Waals surface area (Å²) < 4.78 is 0. The molecule has 0 spiro atoms. The number of carbonyl (C=O) groups is 1. The van der Waals surface area contributed by atoms with E-state index in [1.807, 2.05) is 30.0 Å². The zero-order chi connectivity index (χ0) is 10.1. The molecular formula is C10H12N2O2. The van der Waals surface area contributed by atoms with Gasteiger partial charge in [0.2, 0.25) is 0 Å². The molecule has 0 saturated carbocycles. The van der Waals surface area contributed by atoms with Gasteiger partial charge in [0.25, 0.3) is 0 Å². The lowest BCUT2D eigenvalue weighted by Crippen LogP contribution is -2.58. The fourth-order valence-corrected chi connectivity index (χ4v) is 1.72. The fourth-order valence-electron chi connectivity index (χ4n) is 1.72. The van der Waals surface area contributed by atoms with Crippen LogP contribution in [0.25, 0.3) is 0 Å². The zero-order valence-electron chi connectivity index (χ0n) is 7.92. The second kappa shape index (κ2) is 3.29. The molecule has 2 atom stereocenters. The van der Waals surface area contributed by atoms with Crippen LogP contribution in [0.15, 0.2) is 24.4 Å². The molecule has 4 heteroatoms. The summed E-state index contributed by atoms with van der Waals surface area (Å²) in [5, 5.41) is 8.82. The highest BCUT2D eigenvalue weighted by Crippen LogP contribution is 2.29. The first-order chi connectivity index (χ1) is 6.70. The third-order valence-electron chi connectivity index (χ3n) is 2.73. The van der Waals surface area contributed by atoms with Crippen molar-refractivity contribution in [3.63, 3.8) is 0 Å². The van der Waals surface area contributed by atoms with E-state index in [0.29, 0.717) is 6.54 Å². The molecule has 2 heterocycles. The first-order valence-electron chi connectivity index (χ1n) is 4.60. The van der Waals surface area contributed by atoms with E-state index in [9.17, 15) is 4.79 Å². The van der Waals surface area contributed by atoms with Gasteiger partial charge in [-0.1, -0.05) is 6.07 Å². The summed E-state index contributed by atoms with van der Waals surface area (Å²) in [6.07, 6.45) is 1.72.